The number of hydrogen-bond donors (Lipinski definition) is 2. The number of hydrogen-bond acceptors (Lipinski definition) is 4. The van der Waals surface area contributed by atoms with Crippen molar-refractivity contribution in [2.24, 2.45) is 5.92 Å². The largest absolute Gasteiger partial charge is 0.493 e. The van der Waals surface area contributed by atoms with Crippen LogP contribution in [0, 0.1) is 5.92 Å². The Morgan fingerprint density at radius 1 is 1.23 bits per heavy atom. The molecule has 0 aliphatic heterocycles. The van der Waals surface area contributed by atoms with Gasteiger partial charge in [0.2, 0.25) is 11.8 Å². The van der Waals surface area contributed by atoms with E-state index < -0.39 is 12.7 Å². The van der Waals surface area contributed by atoms with Gasteiger partial charge in [0, 0.05) is 12.5 Å². The van der Waals surface area contributed by atoms with Crippen LogP contribution in [0.2, 0.25) is 0 Å². The van der Waals surface area contributed by atoms with E-state index in [0.717, 1.165) is 25.7 Å². The third-order valence-corrected chi connectivity index (χ3v) is 4.39. The monoisotopic (exact) mass is 370 g/mol. The second kappa shape index (κ2) is 9.35. The van der Waals surface area contributed by atoms with Crippen molar-refractivity contribution in [2.45, 2.75) is 51.8 Å². The summed E-state index contributed by atoms with van der Waals surface area (Å²) in [5, 5.41) is 5.39. The van der Waals surface area contributed by atoms with Gasteiger partial charge < -0.3 is 20.1 Å². The Morgan fingerprint density at radius 2 is 1.92 bits per heavy atom. The van der Waals surface area contributed by atoms with Gasteiger partial charge in [-0.15, -0.1) is 0 Å². The summed E-state index contributed by atoms with van der Waals surface area (Å²) in [6.07, 6.45) is 3.80. The van der Waals surface area contributed by atoms with E-state index in [2.05, 4.69) is 15.4 Å². The second-order valence-corrected chi connectivity index (χ2v) is 6.29. The summed E-state index contributed by atoms with van der Waals surface area (Å²) in [4.78, 5) is 24.2. The molecule has 2 rings (SSSR count). The Balaban J connectivity index is 1.88. The molecule has 1 fully saturated rings. The topological polar surface area (TPSA) is 76.7 Å². The third kappa shape index (κ3) is 5.57. The van der Waals surface area contributed by atoms with Crippen LogP contribution in [0.15, 0.2) is 18.2 Å². The number of carbonyl (C=O) groups is 2. The minimum atomic E-state index is -2.97. The lowest BCUT2D eigenvalue weighted by Crippen LogP contribution is -2.46. The number of nitrogens with one attached hydrogen (secondary N) is 2. The summed E-state index contributed by atoms with van der Waals surface area (Å²) in [5.41, 5.74) is 0.573. The summed E-state index contributed by atoms with van der Waals surface area (Å²) >= 11 is 0. The van der Waals surface area contributed by atoms with Gasteiger partial charge in [-0.1, -0.05) is 18.9 Å². The van der Waals surface area contributed by atoms with E-state index in [4.69, 9.17) is 4.74 Å². The maximum Gasteiger partial charge on any atom is 0.387 e. The average Bonchev–Trinajstić information content (AvgIpc) is 3.14. The predicted octanol–water partition coefficient (Wildman–Crippen LogP) is 2.61. The summed E-state index contributed by atoms with van der Waals surface area (Å²) in [6, 6.07) is 3.84. The number of benzene rings is 1. The third-order valence-electron chi connectivity index (χ3n) is 4.39. The fraction of sp³-hybridized carbons (Fsp3) is 0.556. The Labute approximate surface area is 151 Å². The molecular weight excluding hydrogens is 346 g/mol. The molecule has 0 radical (unpaired) electrons. The van der Waals surface area contributed by atoms with Crippen molar-refractivity contribution in [2.75, 3.05) is 7.11 Å². The number of methoxy groups -OCH3 is 1. The van der Waals surface area contributed by atoms with Crippen LogP contribution in [0.3, 0.4) is 0 Å². The van der Waals surface area contributed by atoms with Crippen molar-refractivity contribution in [3.8, 4) is 11.5 Å². The van der Waals surface area contributed by atoms with Gasteiger partial charge in [-0.2, -0.15) is 8.78 Å². The highest BCUT2D eigenvalue weighted by atomic mass is 19.3. The van der Waals surface area contributed by atoms with Crippen LogP contribution in [0.25, 0.3) is 0 Å². The first kappa shape index (κ1) is 19.9. The molecule has 0 unspecified atom stereocenters. The molecule has 2 N–H and O–H groups in total. The molecule has 6 nitrogen and oxygen atoms in total. The molecule has 0 bridgehead atoms. The minimum Gasteiger partial charge on any atom is -0.493 e. The lowest BCUT2D eigenvalue weighted by molar-refractivity contribution is -0.130. The molecule has 0 aromatic heterocycles. The zero-order chi connectivity index (χ0) is 19.1. The smallest absolute Gasteiger partial charge is 0.387 e. The normalized spacial score (nSPS) is 15.6. The van der Waals surface area contributed by atoms with Crippen molar-refractivity contribution in [1.82, 2.24) is 10.6 Å². The maximum atomic E-state index is 12.5. The molecule has 1 aliphatic rings. The Bertz CT molecular complexity index is 634. The highest BCUT2D eigenvalue weighted by Crippen LogP contribution is 2.29. The number of alkyl halides is 2. The standard InChI is InChI=1S/C18H24F2N2O4/c1-11(22-17(24)13-5-3-4-6-13)16(23)21-10-12-7-8-14(25-2)15(9-12)26-18(19)20/h7-9,11,13,18H,3-6,10H2,1-2H3,(H,21,23)(H,22,24)/t11-/m0/s1. The Morgan fingerprint density at radius 3 is 2.54 bits per heavy atom. The van der Waals surface area contributed by atoms with E-state index in [1.165, 1.54) is 19.2 Å². The first-order valence-corrected chi connectivity index (χ1v) is 8.60. The lowest BCUT2D eigenvalue weighted by Gasteiger charge is -2.17. The zero-order valence-electron chi connectivity index (χ0n) is 14.9. The minimum absolute atomic E-state index is 0.0131. The molecule has 1 atom stereocenters. The van der Waals surface area contributed by atoms with E-state index in [0.29, 0.717) is 5.56 Å². The highest BCUT2D eigenvalue weighted by Gasteiger charge is 2.25. The van der Waals surface area contributed by atoms with Crippen molar-refractivity contribution in [1.29, 1.82) is 0 Å². The molecule has 2 amide bonds. The van der Waals surface area contributed by atoms with Crippen LogP contribution in [-0.2, 0) is 16.1 Å². The molecule has 1 saturated carbocycles. The van der Waals surface area contributed by atoms with E-state index in [-0.39, 0.29) is 35.8 Å². The van der Waals surface area contributed by atoms with Crippen LogP contribution in [-0.4, -0.2) is 31.6 Å². The molecule has 8 heteroatoms. The lowest BCUT2D eigenvalue weighted by atomic mass is 10.1. The number of carbonyl (C=O) groups excluding carboxylic acids is 2. The number of amides is 2. The first-order chi connectivity index (χ1) is 12.4. The molecule has 1 aromatic rings. The second-order valence-electron chi connectivity index (χ2n) is 6.29. The van der Waals surface area contributed by atoms with Crippen molar-refractivity contribution in [3.05, 3.63) is 23.8 Å². The fourth-order valence-electron chi connectivity index (χ4n) is 2.95. The Kier molecular flexibility index (Phi) is 7.17. The Hall–Kier alpha value is -2.38. The molecule has 0 spiro atoms. The van der Waals surface area contributed by atoms with Gasteiger partial charge in [0.25, 0.3) is 0 Å². The fourth-order valence-corrected chi connectivity index (χ4v) is 2.95. The number of ether oxygens (including phenoxy) is 2. The van der Waals surface area contributed by atoms with E-state index in [1.54, 1.807) is 13.0 Å². The van der Waals surface area contributed by atoms with Gasteiger partial charge in [-0.05, 0) is 37.5 Å². The van der Waals surface area contributed by atoms with Gasteiger partial charge in [0.05, 0.1) is 7.11 Å². The number of rotatable bonds is 8. The predicted molar refractivity (Wildman–Crippen MR) is 91.0 cm³/mol. The molecule has 1 aromatic carbocycles. The van der Waals surface area contributed by atoms with Gasteiger partial charge in [0.15, 0.2) is 11.5 Å². The zero-order valence-corrected chi connectivity index (χ0v) is 14.9. The van der Waals surface area contributed by atoms with Crippen LogP contribution in [0.4, 0.5) is 8.78 Å². The van der Waals surface area contributed by atoms with Crippen LogP contribution in [0.5, 0.6) is 11.5 Å². The summed E-state index contributed by atoms with van der Waals surface area (Å²) < 4.78 is 34.3. The summed E-state index contributed by atoms with van der Waals surface area (Å²) in [5.74, 6) is -0.374. The molecule has 0 saturated heterocycles. The van der Waals surface area contributed by atoms with E-state index in [1.807, 2.05) is 0 Å². The van der Waals surface area contributed by atoms with E-state index >= 15 is 0 Å². The van der Waals surface area contributed by atoms with Crippen LogP contribution < -0.4 is 20.1 Å². The molecule has 1 aliphatic carbocycles. The SMILES string of the molecule is COc1ccc(CNC(=O)[C@H](C)NC(=O)C2CCCC2)cc1OC(F)F. The van der Waals surface area contributed by atoms with Crippen LogP contribution in [0.1, 0.15) is 38.2 Å². The first-order valence-electron chi connectivity index (χ1n) is 8.60. The summed E-state index contributed by atoms with van der Waals surface area (Å²) in [7, 11) is 1.35. The molecular formula is C18H24F2N2O4. The van der Waals surface area contributed by atoms with Gasteiger partial charge in [-0.25, -0.2) is 0 Å². The van der Waals surface area contributed by atoms with Crippen molar-refractivity contribution in [3.63, 3.8) is 0 Å². The quantitative estimate of drug-likeness (QED) is 0.738. The van der Waals surface area contributed by atoms with Crippen molar-refractivity contribution >= 4 is 11.8 Å². The van der Waals surface area contributed by atoms with Crippen molar-refractivity contribution < 1.29 is 27.8 Å². The maximum absolute atomic E-state index is 12.5. The summed E-state index contributed by atoms with van der Waals surface area (Å²) in [6.45, 7) is -1.24. The molecule has 0 heterocycles. The van der Waals surface area contributed by atoms with Gasteiger partial charge >= 0.3 is 6.61 Å². The van der Waals surface area contributed by atoms with Crippen LogP contribution >= 0.6 is 0 Å². The number of halogens is 2. The average molecular weight is 370 g/mol. The molecule has 26 heavy (non-hydrogen) atoms. The van der Waals surface area contributed by atoms with Gasteiger partial charge in [-0.3, -0.25) is 9.59 Å². The van der Waals surface area contributed by atoms with E-state index in [9.17, 15) is 18.4 Å². The molecule has 144 valence electrons. The van der Waals surface area contributed by atoms with Gasteiger partial charge in [0.1, 0.15) is 6.04 Å². The highest BCUT2D eigenvalue weighted by molar-refractivity contribution is 5.88.